The Morgan fingerprint density at radius 3 is 2.75 bits per heavy atom. The van der Waals surface area contributed by atoms with E-state index in [1.54, 1.807) is 6.20 Å². The van der Waals surface area contributed by atoms with Crippen LogP contribution >= 0.6 is 22.6 Å². The van der Waals surface area contributed by atoms with Crippen molar-refractivity contribution in [1.82, 2.24) is 4.98 Å². The van der Waals surface area contributed by atoms with Crippen LogP contribution in [0.15, 0.2) is 12.3 Å². The Bertz CT molecular complexity index is 273. The highest BCUT2D eigenvalue weighted by Gasteiger charge is 2.05. The number of aromatic nitrogens is 1. The van der Waals surface area contributed by atoms with Crippen molar-refractivity contribution in [3.05, 3.63) is 27.3 Å². The molecule has 12 heavy (non-hydrogen) atoms. The van der Waals surface area contributed by atoms with Crippen molar-refractivity contribution in [3.63, 3.8) is 0 Å². The minimum absolute atomic E-state index is 0.185. The Kier molecular flexibility index (Phi) is 3.43. The summed E-state index contributed by atoms with van der Waals surface area (Å²) in [6, 6.07) is 1.52. The molecule has 0 aliphatic rings. The maximum atomic E-state index is 13.1. The average Bonchev–Trinajstić information content (AvgIpc) is 1.94. The summed E-state index contributed by atoms with van der Waals surface area (Å²) in [6.45, 7) is 4.11. The van der Waals surface area contributed by atoms with Gasteiger partial charge in [0.2, 0.25) is 0 Å². The van der Waals surface area contributed by atoms with Gasteiger partial charge in [0, 0.05) is 9.77 Å². The van der Waals surface area contributed by atoms with Gasteiger partial charge in [-0.15, -0.1) is 0 Å². The van der Waals surface area contributed by atoms with E-state index in [0.717, 1.165) is 3.57 Å². The van der Waals surface area contributed by atoms with Gasteiger partial charge in [-0.25, -0.2) is 4.39 Å². The number of pyridine rings is 1. The molecular formula is C9H11FIN. The molecule has 0 fully saturated rings. The van der Waals surface area contributed by atoms with E-state index in [1.165, 1.54) is 6.07 Å². The quantitative estimate of drug-likeness (QED) is 0.758. The summed E-state index contributed by atoms with van der Waals surface area (Å²) >= 11 is 2.05. The van der Waals surface area contributed by atoms with Crippen molar-refractivity contribution in [2.75, 3.05) is 0 Å². The van der Waals surface area contributed by atoms with Gasteiger partial charge in [0.15, 0.2) is 0 Å². The highest BCUT2D eigenvalue weighted by Crippen LogP contribution is 2.12. The van der Waals surface area contributed by atoms with Crippen LogP contribution in [0.4, 0.5) is 4.39 Å². The second-order valence-corrected chi connectivity index (χ2v) is 4.43. The molecule has 0 aliphatic heterocycles. The second kappa shape index (κ2) is 4.16. The number of halogens is 2. The third kappa shape index (κ3) is 2.69. The molecule has 0 saturated carbocycles. The highest BCUT2D eigenvalue weighted by molar-refractivity contribution is 14.1. The van der Waals surface area contributed by atoms with E-state index in [2.05, 4.69) is 41.4 Å². The van der Waals surface area contributed by atoms with E-state index < -0.39 is 0 Å². The Labute approximate surface area is 85.5 Å². The van der Waals surface area contributed by atoms with Gasteiger partial charge in [-0.3, -0.25) is 4.98 Å². The first-order chi connectivity index (χ1) is 5.59. The molecule has 0 amide bonds. The molecular weight excluding hydrogens is 268 g/mol. The van der Waals surface area contributed by atoms with Crippen LogP contribution in [0, 0.1) is 15.3 Å². The number of rotatable bonds is 2. The largest absolute Gasteiger partial charge is 0.257 e. The lowest BCUT2D eigenvalue weighted by Gasteiger charge is -2.04. The summed E-state index contributed by atoms with van der Waals surface area (Å²) in [7, 11) is 0. The molecule has 1 aromatic heterocycles. The third-order valence-corrected chi connectivity index (χ3v) is 2.08. The Morgan fingerprint density at radius 1 is 1.58 bits per heavy atom. The number of hydrogen-bond acceptors (Lipinski definition) is 1. The predicted octanol–water partition coefficient (Wildman–Crippen LogP) is 3.02. The molecule has 0 bridgehead atoms. The monoisotopic (exact) mass is 279 g/mol. The van der Waals surface area contributed by atoms with Gasteiger partial charge in [0.25, 0.3) is 0 Å². The summed E-state index contributed by atoms with van der Waals surface area (Å²) in [6.07, 6.45) is 2.41. The minimum atomic E-state index is -0.185. The molecule has 0 saturated heterocycles. The van der Waals surface area contributed by atoms with Crippen LogP contribution < -0.4 is 0 Å². The van der Waals surface area contributed by atoms with Gasteiger partial charge in [-0.2, -0.15) is 0 Å². The van der Waals surface area contributed by atoms with E-state index in [0.29, 0.717) is 18.0 Å². The Balaban J connectivity index is 2.86. The Hall–Kier alpha value is -0.190. The van der Waals surface area contributed by atoms with Crippen molar-refractivity contribution in [2.24, 2.45) is 5.92 Å². The number of nitrogens with zero attached hydrogens (tertiary/aromatic N) is 1. The molecule has 0 aliphatic carbocycles. The summed E-state index contributed by atoms with van der Waals surface area (Å²) in [5.41, 5.74) is 0.574. The summed E-state index contributed by atoms with van der Waals surface area (Å²) in [5.74, 6) is 0.266. The highest BCUT2D eigenvalue weighted by atomic mass is 127. The molecule has 0 unspecified atom stereocenters. The van der Waals surface area contributed by atoms with Crippen molar-refractivity contribution >= 4 is 22.6 Å². The van der Waals surface area contributed by atoms with Crippen molar-refractivity contribution in [2.45, 2.75) is 20.3 Å². The van der Waals surface area contributed by atoms with Crippen molar-refractivity contribution in [3.8, 4) is 0 Å². The molecule has 0 spiro atoms. The fourth-order valence-electron chi connectivity index (χ4n) is 0.980. The summed E-state index contributed by atoms with van der Waals surface area (Å²) < 4.78 is 14.0. The van der Waals surface area contributed by atoms with Gasteiger partial charge in [-0.1, -0.05) is 13.8 Å². The van der Waals surface area contributed by atoms with E-state index >= 15 is 0 Å². The Morgan fingerprint density at radius 2 is 2.25 bits per heavy atom. The van der Waals surface area contributed by atoms with Gasteiger partial charge in [0.05, 0.1) is 5.69 Å². The van der Waals surface area contributed by atoms with Crippen molar-refractivity contribution in [1.29, 1.82) is 0 Å². The molecule has 0 atom stereocenters. The number of hydrogen-bond donors (Lipinski definition) is 0. The van der Waals surface area contributed by atoms with Crippen LogP contribution in [-0.2, 0) is 6.42 Å². The normalized spacial score (nSPS) is 10.8. The van der Waals surface area contributed by atoms with Gasteiger partial charge >= 0.3 is 0 Å². The zero-order valence-corrected chi connectivity index (χ0v) is 9.30. The molecule has 1 rings (SSSR count). The molecule has 0 radical (unpaired) electrons. The minimum Gasteiger partial charge on any atom is -0.257 e. The molecule has 1 nitrogen and oxygen atoms in total. The first kappa shape index (κ1) is 9.89. The average molecular weight is 279 g/mol. The fraction of sp³-hybridized carbons (Fsp3) is 0.444. The summed E-state index contributed by atoms with van der Waals surface area (Å²) in [5, 5.41) is 0. The van der Waals surface area contributed by atoms with Crippen molar-refractivity contribution < 1.29 is 4.39 Å². The van der Waals surface area contributed by atoms with Gasteiger partial charge in [0.1, 0.15) is 5.82 Å². The fourth-order valence-corrected chi connectivity index (χ4v) is 1.39. The second-order valence-electron chi connectivity index (χ2n) is 3.18. The van der Waals surface area contributed by atoms with Crippen LogP contribution in [0.3, 0.4) is 0 Å². The topological polar surface area (TPSA) is 12.9 Å². The summed E-state index contributed by atoms with van der Waals surface area (Å²) in [4.78, 5) is 4.04. The van der Waals surface area contributed by atoms with Crippen LogP contribution in [0.2, 0.25) is 0 Å². The predicted molar refractivity (Wildman–Crippen MR) is 55.5 cm³/mol. The van der Waals surface area contributed by atoms with E-state index in [-0.39, 0.29) is 5.82 Å². The lowest BCUT2D eigenvalue weighted by Crippen LogP contribution is -2.00. The molecule has 3 heteroatoms. The van der Waals surface area contributed by atoms with Crippen LogP contribution in [-0.4, -0.2) is 4.98 Å². The molecule has 0 aromatic carbocycles. The van der Waals surface area contributed by atoms with E-state index in [4.69, 9.17) is 0 Å². The van der Waals surface area contributed by atoms with E-state index in [9.17, 15) is 4.39 Å². The van der Waals surface area contributed by atoms with Crippen LogP contribution in [0.1, 0.15) is 19.5 Å². The van der Waals surface area contributed by atoms with Crippen LogP contribution in [0.25, 0.3) is 0 Å². The van der Waals surface area contributed by atoms with Crippen LogP contribution in [0.5, 0.6) is 0 Å². The lowest BCUT2D eigenvalue weighted by atomic mass is 10.1. The molecule has 1 aromatic rings. The molecule has 1 heterocycles. The SMILES string of the molecule is CC(C)Cc1ncc(I)cc1F. The molecule has 66 valence electrons. The lowest BCUT2D eigenvalue weighted by molar-refractivity contribution is 0.559. The third-order valence-electron chi connectivity index (χ3n) is 1.49. The maximum Gasteiger partial charge on any atom is 0.145 e. The zero-order valence-electron chi connectivity index (χ0n) is 7.14. The first-order valence-electron chi connectivity index (χ1n) is 3.89. The smallest absolute Gasteiger partial charge is 0.145 e. The van der Waals surface area contributed by atoms with Gasteiger partial charge < -0.3 is 0 Å². The first-order valence-corrected chi connectivity index (χ1v) is 4.97. The standard InChI is InChI=1S/C9H11FIN/c1-6(2)3-9-8(10)4-7(11)5-12-9/h4-6H,3H2,1-2H3. The van der Waals surface area contributed by atoms with Gasteiger partial charge in [-0.05, 0) is 41.0 Å². The maximum absolute atomic E-state index is 13.1. The van der Waals surface area contributed by atoms with E-state index in [1.807, 2.05) is 0 Å². The zero-order chi connectivity index (χ0) is 9.14. The molecule has 0 N–H and O–H groups in total.